The van der Waals surface area contributed by atoms with Crippen LogP contribution >= 0.6 is 11.6 Å². The SMILES string of the molecule is Cc1cccc(OCC(O)CNC(=O)CCl)c1. The van der Waals surface area contributed by atoms with Crippen LogP contribution in [-0.2, 0) is 4.79 Å². The second-order valence-corrected chi connectivity index (χ2v) is 3.99. The molecule has 5 heteroatoms. The van der Waals surface area contributed by atoms with Crippen molar-refractivity contribution in [3.05, 3.63) is 29.8 Å². The molecular weight excluding hydrogens is 242 g/mol. The first-order valence-electron chi connectivity index (χ1n) is 5.32. The first-order valence-corrected chi connectivity index (χ1v) is 5.85. The number of halogens is 1. The first kappa shape index (κ1) is 13.8. The van der Waals surface area contributed by atoms with Gasteiger partial charge in [-0.1, -0.05) is 12.1 Å². The lowest BCUT2D eigenvalue weighted by Crippen LogP contribution is -2.35. The smallest absolute Gasteiger partial charge is 0.235 e. The van der Waals surface area contributed by atoms with Crippen LogP contribution in [0.2, 0.25) is 0 Å². The maximum atomic E-state index is 10.8. The van der Waals surface area contributed by atoms with Gasteiger partial charge in [-0.15, -0.1) is 11.6 Å². The number of nitrogens with one attached hydrogen (secondary N) is 1. The fourth-order valence-electron chi connectivity index (χ4n) is 1.24. The summed E-state index contributed by atoms with van der Waals surface area (Å²) >= 11 is 5.30. The molecule has 1 atom stereocenters. The standard InChI is InChI=1S/C12H16ClNO3/c1-9-3-2-4-11(5-9)17-8-10(15)7-14-12(16)6-13/h2-5,10,15H,6-8H2,1H3,(H,14,16). The van der Waals surface area contributed by atoms with Crippen molar-refractivity contribution < 1.29 is 14.6 Å². The van der Waals surface area contributed by atoms with Crippen molar-refractivity contribution in [2.75, 3.05) is 19.0 Å². The molecule has 0 bridgehead atoms. The van der Waals surface area contributed by atoms with E-state index in [4.69, 9.17) is 16.3 Å². The van der Waals surface area contributed by atoms with Crippen molar-refractivity contribution in [3.8, 4) is 5.75 Å². The van der Waals surface area contributed by atoms with E-state index in [2.05, 4.69) is 5.32 Å². The van der Waals surface area contributed by atoms with Gasteiger partial charge in [0.05, 0.1) is 0 Å². The summed E-state index contributed by atoms with van der Waals surface area (Å²) in [5.74, 6) is 0.292. The van der Waals surface area contributed by atoms with Gasteiger partial charge in [-0.3, -0.25) is 4.79 Å². The largest absolute Gasteiger partial charge is 0.491 e. The number of alkyl halides is 1. The summed E-state index contributed by atoms with van der Waals surface area (Å²) in [6.07, 6.45) is -0.748. The average Bonchev–Trinajstić information content (AvgIpc) is 2.33. The topological polar surface area (TPSA) is 58.6 Å². The van der Waals surface area contributed by atoms with Crippen molar-refractivity contribution >= 4 is 17.5 Å². The third-order valence-electron chi connectivity index (χ3n) is 2.09. The third-order valence-corrected chi connectivity index (χ3v) is 2.33. The van der Waals surface area contributed by atoms with Gasteiger partial charge in [-0.2, -0.15) is 0 Å². The number of hydrogen-bond donors (Lipinski definition) is 2. The summed E-state index contributed by atoms with van der Waals surface area (Å²) in [6, 6.07) is 7.54. The second kappa shape index (κ2) is 7.14. The highest BCUT2D eigenvalue weighted by molar-refractivity contribution is 6.27. The predicted octanol–water partition coefficient (Wildman–Crippen LogP) is 1.09. The quantitative estimate of drug-likeness (QED) is 0.750. The highest BCUT2D eigenvalue weighted by atomic mass is 35.5. The van der Waals surface area contributed by atoms with E-state index in [1.165, 1.54) is 0 Å². The van der Waals surface area contributed by atoms with E-state index in [0.29, 0.717) is 5.75 Å². The Balaban J connectivity index is 2.28. The molecule has 0 aliphatic heterocycles. The summed E-state index contributed by atoms with van der Waals surface area (Å²) in [6.45, 7) is 2.23. The lowest BCUT2D eigenvalue weighted by atomic mass is 10.2. The molecule has 2 N–H and O–H groups in total. The summed E-state index contributed by atoms with van der Waals surface area (Å²) in [4.78, 5) is 10.8. The molecule has 4 nitrogen and oxygen atoms in total. The zero-order chi connectivity index (χ0) is 12.7. The van der Waals surface area contributed by atoms with E-state index in [0.717, 1.165) is 5.56 Å². The van der Waals surface area contributed by atoms with Crippen LogP contribution in [0.5, 0.6) is 5.75 Å². The summed E-state index contributed by atoms with van der Waals surface area (Å²) in [5, 5.41) is 12.0. The number of aryl methyl sites for hydroxylation is 1. The molecule has 0 spiro atoms. The molecule has 0 aromatic heterocycles. The van der Waals surface area contributed by atoms with Crippen molar-refractivity contribution in [1.29, 1.82) is 0 Å². The Morgan fingerprint density at radius 1 is 1.59 bits per heavy atom. The Labute approximate surface area is 106 Å². The van der Waals surface area contributed by atoms with Crippen molar-refractivity contribution in [2.45, 2.75) is 13.0 Å². The summed E-state index contributed by atoms with van der Waals surface area (Å²) < 4.78 is 5.38. The van der Waals surface area contributed by atoms with Crippen LogP contribution in [0.15, 0.2) is 24.3 Å². The molecule has 94 valence electrons. The van der Waals surface area contributed by atoms with Gasteiger partial charge < -0.3 is 15.2 Å². The molecule has 0 aliphatic carbocycles. The van der Waals surface area contributed by atoms with Crippen LogP contribution in [-0.4, -0.2) is 36.1 Å². The molecule has 0 heterocycles. The predicted molar refractivity (Wildman–Crippen MR) is 66.4 cm³/mol. The molecule has 17 heavy (non-hydrogen) atoms. The average molecular weight is 258 g/mol. The van der Waals surface area contributed by atoms with Crippen LogP contribution in [0.3, 0.4) is 0 Å². The van der Waals surface area contributed by atoms with Gasteiger partial charge >= 0.3 is 0 Å². The Kier molecular flexibility index (Phi) is 5.80. The van der Waals surface area contributed by atoms with E-state index < -0.39 is 6.10 Å². The van der Waals surface area contributed by atoms with E-state index in [1.54, 1.807) is 0 Å². The zero-order valence-corrected chi connectivity index (χ0v) is 10.4. The van der Waals surface area contributed by atoms with Gasteiger partial charge in [0.15, 0.2) is 0 Å². The lowest BCUT2D eigenvalue weighted by molar-refractivity contribution is -0.119. The molecule has 1 aromatic carbocycles. The fourth-order valence-corrected chi connectivity index (χ4v) is 1.33. The normalized spacial score (nSPS) is 11.9. The molecule has 0 fully saturated rings. The van der Waals surface area contributed by atoms with Crippen LogP contribution in [0.1, 0.15) is 5.56 Å². The summed E-state index contributed by atoms with van der Waals surface area (Å²) in [7, 11) is 0. The minimum Gasteiger partial charge on any atom is -0.491 e. The number of ether oxygens (including phenoxy) is 1. The molecule has 0 aliphatic rings. The van der Waals surface area contributed by atoms with Crippen molar-refractivity contribution in [2.24, 2.45) is 0 Å². The molecule has 1 aromatic rings. The van der Waals surface area contributed by atoms with Crippen LogP contribution in [0.4, 0.5) is 0 Å². The minimum absolute atomic E-state index is 0.106. The number of aliphatic hydroxyl groups excluding tert-OH is 1. The molecule has 1 amide bonds. The number of benzene rings is 1. The number of hydrogen-bond acceptors (Lipinski definition) is 3. The molecule has 0 radical (unpaired) electrons. The Morgan fingerprint density at radius 2 is 2.35 bits per heavy atom. The second-order valence-electron chi connectivity index (χ2n) is 3.72. The third kappa shape index (κ3) is 5.56. The minimum atomic E-state index is -0.748. The summed E-state index contributed by atoms with van der Waals surface area (Å²) in [5.41, 5.74) is 1.09. The zero-order valence-electron chi connectivity index (χ0n) is 9.65. The Bertz CT molecular complexity index is 371. The van der Waals surface area contributed by atoms with E-state index >= 15 is 0 Å². The van der Waals surface area contributed by atoms with E-state index in [1.807, 2.05) is 31.2 Å². The molecule has 1 rings (SSSR count). The maximum absolute atomic E-state index is 10.8. The molecule has 1 unspecified atom stereocenters. The van der Waals surface area contributed by atoms with Gasteiger partial charge in [0.2, 0.25) is 5.91 Å². The first-order chi connectivity index (χ1) is 8.11. The van der Waals surface area contributed by atoms with Crippen molar-refractivity contribution in [3.63, 3.8) is 0 Å². The fraction of sp³-hybridized carbons (Fsp3) is 0.417. The van der Waals surface area contributed by atoms with Crippen molar-refractivity contribution in [1.82, 2.24) is 5.32 Å². The molecule has 0 saturated heterocycles. The molecular formula is C12H16ClNO3. The number of carbonyl (C=O) groups is 1. The number of amides is 1. The maximum Gasteiger partial charge on any atom is 0.235 e. The monoisotopic (exact) mass is 257 g/mol. The number of aliphatic hydroxyl groups is 1. The lowest BCUT2D eigenvalue weighted by Gasteiger charge is -2.13. The van der Waals surface area contributed by atoms with Crippen LogP contribution in [0.25, 0.3) is 0 Å². The van der Waals surface area contributed by atoms with Gasteiger partial charge in [0, 0.05) is 6.54 Å². The highest BCUT2D eigenvalue weighted by Crippen LogP contribution is 2.12. The van der Waals surface area contributed by atoms with Gasteiger partial charge in [-0.25, -0.2) is 0 Å². The van der Waals surface area contributed by atoms with Gasteiger partial charge in [0.25, 0.3) is 0 Å². The van der Waals surface area contributed by atoms with Gasteiger partial charge in [0.1, 0.15) is 24.3 Å². The van der Waals surface area contributed by atoms with Crippen LogP contribution in [0, 0.1) is 6.92 Å². The molecule has 0 saturated carbocycles. The highest BCUT2D eigenvalue weighted by Gasteiger charge is 2.07. The number of rotatable bonds is 6. The Hall–Kier alpha value is -1.26. The van der Waals surface area contributed by atoms with Gasteiger partial charge in [-0.05, 0) is 24.6 Å². The van der Waals surface area contributed by atoms with E-state index in [-0.39, 0.29) is 24.9 Å². The van der Waals surface area contributed by atoms with E-state index in [9.17, 15) is 9.90 Å². The Morgan fingerprint density at radius 3 is 3.00 bits per heavy atom. The number of carbonyl (C=O) groups excluding carboxylic acids is 1. The van der Waals surface area contributed by atoms with Crippen LogP contribution < -0.4 is 10.1 Å².